The van der Waals surface area contributed by atoms with E-state index in [0.717, 1.165) is 41.1 Å². The minimum absolute atomic E-state index is 0.00997. The number of H-pyrrole nitrogens is 1. The van der Waals surface area contributed by atoms with Crippen LogP contribution in [0.2, 0.25) is 5.15 Å². The zero-order chi connectivity index (χ0) is 20.0. The van der Waals surface area contributed by atoms with Crippen LogP contribution in [-0.4, -0.2) is 51.5 Å². The summed E-state index contributed by atoms with van der Waals surface area (Å²) in [6.07, 6.45) is 4.22. The average molecular weight is 430 g/mol. The van der Waals surface area contributed by atoms with E-state index in [1.807, 2.05) is 30.1 Å². The van der Waals surface area contributed by atoms with Crippen molar-refractivity contribution in [2.24, 2.45) is 0 Å². The van der Waals surface area contributed by atoms with Crippen LogP contribution in [-0.2, 0) is 9.48 Å². The van der Waals surface area contributed by atoms with Gasteiger partial charge in [0, 0.05) is 29.8 Å². The lowest BCUT2D eigenvalue weighted by Crippen LogP contribution is -2.44. The van der Waals surface area contributed by atoms with Crippen LogP contribution in [0.15, 0.2) is 24.4 Å². The molecule has 29 heavy (non-hydrogen) atoms. The van der Waals surface area contributed by atoms with Gasteiger partial charge < -0.3 is 14.6 Å². The molecule has 2 aliphatic rings. The molecular weight excluding hydrogens is 406 g/mol. The summed E-state index contributed by atoms with van der Waals surface area (Å²) in [6, 6.07) is 6.33. The number of aromatic nitrogens is 4. The maximum Gasteiger partial charge on any atom is 0.162 e. The second-order valence-corrected chi connectivity index (χ2v) is 9.95. The number of hydrogen-bond acceptors (Lipinski definition) is 6. The van der Waals surface area contributed by atoms with E-state index in [2.05, 4.69) is 34.8 Å². The normalized spacial score (nSPS) is 25.1. The number of morpholine rings is 1. The predicted molar refractivity (Wildman–Crippen MR) is 119 cm³/mol. The molecule has 1 N–H and O–H groups in total. The van der Waals surface area contributed by atoms with Crippen molar-refractivity contribution >= 4 is 40.2 Å². The van der Waals surface area contributed by atoms with Crippen LogP contribution in [0.5, 0.6) is 0 Å². The number of rotatable bonds is 3. The van der Waals surface area contributed by atoms with E-state index in [1.54, 1.807) is 0 Å². The largest absolute Gasteiger partial charge is 0.377 e. The Labute approximate surface area is 179 Å². The molecule has 152 valence electrons. The molecule has 6 nitrogen and oxygen atoms in total. The van der Waals surface area contributed by atoms with Crippen molar-refractivity contribution in [1.29, 1.82) is 0 Å². The van der Waals surface area contributed by atoms with Crippen LogP contribution in [0.4, 0.5) is 5.82 Å². The van der Waals surface area contributed by atoms with Crippen molar-refractivity contribution in [2.45, 2.75) is 37.5 Å². The number of nitrogens with one attached hydrogen (secondary N) is 1. The predicted octanol–water partition coefficient (Wildman–Crippen LogP) is 4.64. The van der Waals surface area contributed by atoms with Crippen molar-refractivity contribution in [3.8, 4) is 11.4 Å². The Morgan fingerprint density at radius 2 is 2.21 bits per heavy atom. The van der Waals surface area contributed by atoms with Crippen LogP contribution in [0.25, 0.3) is 22.4 Å². The fraction of sp³-hybridized carbons (Fsp3) is 0.476. The number of nitrogens with zero attached hydrogens (tertiary/aromatic N) is 4. The fourth-order valence-corrected chi connectivity index (χ4v) is 5.69. The third kappa shape index (κ3) is 3.49. The molecule has 0 amide bonds. The van der Waals surface area contributed by atoms with Gasteiger partial charge in [0.25, 0.3) is 0 Å². The molecule has 2 saturated heterocycles. The van der Waals surface area contributed by atoms with Gasteiger partial charge in [-0.1, -0.05) is 11.6 Å². The van der Waals surface area contributed by atoms with Crippen LogP contribution in [0.1, 0.15) is 32.4 Å². The van der Waals surface area contributed by atoms with Crippen molar-refractivity contribution in [3.63, 3.8) is 0 Å². The van der Waals surface area contributed by atoms with Crippen molar-refractivity contribution in [2.75, 3.05) is 30.4 Å². The second kappa shape index (κ2) is 7.45. The van der Waals surface area contributed by atoms with E-state index in [0.29, 0.717) is 24.2 Å². The first-order chi connectivity index (χ1) is 14.0. The number of halogens is 1. The van der Waals surface area contributed by atoms with Gasteiger partial charge in [-0.15, -0.1) is 11.8 Å². The molecule has 1 unspecified atom stereocenters. The number of thioether (sulfide) groups is 1. The van der Waals surface area contributed by atoms with E-state index in [-0.39, 0.29) is 10.8 Å². The molecule has 5 heterocycles. The zero-order valence-electron chi connectivity index (χ0n) is 16.6. The summed E-state index contributed by atoms with van der Waals surface area (Å²) in [5.41, 5.74) is 2.76. The molecule has 2 fully saturated rings. The minimum Gasteiger partial charge on any atom is -0.377 e. The van der Waals surface area contributed by atoms with E-state index >= 15 is 0 Å². The van der Waals surface area contributed by atoms with Crippen molar-refractivity contribution in [1.82, 2.24) is 19.9 Å². The van der Waals surface area contributed by atoms with Crippen LogP contribution < -0.4 is 4.90 Å². The Bertz CT molecular complexity index is 1050. The SMILES string of the molecule is CC1COCCN1c1cc([C@@]2(C)CCCS2)nc(-c2cc(Cl)nc3[nH]ccc23)n1. The number of ether oxygens (including phenoxy) is 1. The molecule has 0 aromatic carbocycles. The monoisotopic (exact) mass is 429 g/mol. The summed E-state index contributed by atoms with van der Waals surface area (Å²) in [5, 5.41) is 1.42. The summed E-state index contributed by atoms with van der Waals surface area (Å²) < 4.78 is 5.65. The Hall–Kier alpha value is -1.83. The topological polar surface area (TPSA) is 66.9 Å². The lowest BCUT2D eigenvalue weighted by molar-refractivity contribution is 0.0985. The first-order valence-corrected chi connectivity index (χ1v) is 11.4. The van der Waals surface area contributed by atoms with Crippen molar-refractivity contribution in [3.05, 3.63) is 35.2 Å². The van der Waals surface area contributed by atoms with Crippen molar-refractivity contribution < 1.29 is 4.74 Å². The molecule has 2 aliphatic heterocycles. The zero-order valence-corrected chi connectivity index (χ0v) is 18.2. The summed E-state index contributed by atoms with van der Waals surface area (Å²) >= 11 is 8.31. The number of anilines is 1. The number of hydrogen-bond donors (Lipinski definition) is 1. The van der Waals surface area contributed by atoms with E-state index in [4.69, 9.17) is 26.3 Å². The van der Waals surface area contributed by atoms with Gasteiger partial charge in [0.1, 0.15) is 16.6 Å². The first-order valence-electron chi connectivity index (χ1n) is 10.1. The van der Waals surface area contributed by atoms with Gasteiger partial charge in [0.05, 0.1) is 29.7 Å². The summed E-state index contributed by atoms with van der Waals surface area (Å²) in [7, 11) is 0. The lowest BCUT2D eigenvalue weighted by atomic mass is 10.0. The number of fused-ring (bicyclic) bond motifs is 1. The molecule has 0 aliphatic carbocycles. The molecule has 3 aromatic rings. The molecule has 0 bridgehead atoms. The molecule has 0 spiro atoms. The molecular formula is C21H24ClN5OS. The highest BCUT2D eigenvalue weighted by molar-refractivity contribution is 8.00. The first kappa shape index (κ1) is 19.2. The molecule has 8 heteroatoms. The van der Waals surface area contributed by atoms with Gasteiger partial charge in [-0.05, 0) is 44.6 Å². The highest BCUT2D eigenvalue weighted by atomic mass is 35.5. The van der Waals surface area contributed by atoms with Gasteiger partial charge in [-0.2, -0.15) is 0 Å². The molecule has 5 rings (SSSR count). The standard InChI is InChI=1S/C21H24ClN5OS/c1-13-12-28-8-7-27(13)18-11-16(21(2)5-3-9-29-21)24-20(26-18)15-10-17(22)25-19-14(15)4-6-23-19/h4,6,10-11,13H,3,5,7-9,12H2,1-2H3,(H,23,25)/t13?,21-/m1/s1. The van der Waals surface area contributed by atoms with Gasteiger partial charge in [0.2, 0.25) is 0 Å². The maximum atomic E-state index is 6.32. The number of aromatic amines is 1. The lowest BCUT2D eigenvalue weighted by Gasteiger charge is -2.35. The third-order valence-electron chi connectivity index (χ3n) is 5.87. The fourth-order valence-electron chi connectivity index (χ4n) is 4.21. The van der Waals surface area contributed by atoms with E-state index in [9.17, 15) is 0 Å². The second-order valence-electron chi connectivity index (χ2n) is 7.97. The molecule has 0 saturated carbocycles. The summed E-state index contributed by atoms with van der Waals surface area (Å²) in [5.74, 6) is 2.84. The van der Waals surface area contributed by atoms with Gasteiger partial charge in [-0.25, -0.2) is 15.0 Å². The average Bonchev–Trinajstić information content (AvgIpc) is 3.37. The smallest absolute Gasteiger partial charge is 0.162 e. The Balaban J connectivity index is 1.70. The van der Waals surface area contributed by atoms with E-state index in [1.165, 1.54) is 12.2 Å². The van der Waals surface area contributed by atoms with Crippen LogP contribution >= 0.6 is 23.4 Å². The Morgan fingerprint density at radius 3 is 3.00 bits per heavy atom. The number of pyridine rings is 1. The summed E-state index contributed by atoms with van der Waals surface area (Å²) in [4.78, 5) is 19.9. The van der Waals surface area contributed by atoms with Crippen LogP contribution in [0, 0.1) is 0 Å². The molecule has 2 atom stereocenters. The van der Waals surface area contributed by atoms with E-state index < -0.39 is 0 Å². The Morgan fingerprint density at radius 1 is 1.31 bits per heavy atom. The highest BCUT2D eigenvalue weighted by Crippen LogP contribution is 2.46. The quantitative estimate of drug-likeness (QED) is 0.612. The molecule has 0 radical (unpaired) electrons. The minimum atomic E-state index is 0.00997. The van der Waals surface area contributed by atoms with Crippen LogP contribution in [0.3, 0.4) is 0 Å². The Kier molecular flexibility index (Phi) is 4.92. The maximum absolute atomic E-state index is 6.32. The molecule has 3 aromatic heterocycles. The van der Waals surface area contributed by atoms with Gasteiger partial charge in [0.15, 0.2) is 5.82 Å². The summed E-state index contributed by atoms with van der Waals surface area (Å²) in [6.45, 7) is 6.74. The van der Waals surface area contributed by atoms with Gasteiger partial charge >= 0.3 is 0 Å². The van der Waals surface area contributed by atoms with Gasteiger partial charge in [-0.3, -0.25) is 0 Å². The highest BCUT2D eigenvalue weighted by Gasteiger charge is 2.35. The third-order valence-corrected chi connectivity index (χ3v) is 7.61.